The standard InChI is InChI=1S/C16H22ClN3O/c1-3-11-18-15-13(9-10-14(17)19-15)16(21)20(2)12-7-5-4-6-8-12/h5,7,9-10,12H,3-4,6,8,11H2,1-2H3,(H,18,19). The van der Waals surface area contributed by atoms with Gasteiger partial charge in [0.2, 0.25) is 0 Å². The van der Waals surface area contributed by atoms with Crippen LogP contribution in [0.4, 0.5) is 5.82 Å². The summed E-state index contributed by atoms with van der Waals surface area (Å²) in [6.07, 6.45) is 8.46. The highest BCUT2D eigenvalue weighted by molar-refractivity contribution is 6.29. The molecule has 0 bridgehead atoms. The van der Waals surface area contributed by atoms with Crippen LogP contribution in [0.3, 0.4) is 0 Å². The molecule has 1 heterocycles. The molecule has 4 nitrogen and oxygen atoms in total. The number of amides is 1. The number of hydrogen-bond donors (Lipinski definition) is 1. The Hall–Kier alpha value is -1.55. The molecule has 0 spiro atoms. The Morgan fingerprint density at radius 2 is 2.33 bits per heavy atom. The van der Waals surface area contributed by atoms with Gasteiger partial charge in [-0.1, -0.05) is 30.7 Å². The summed E-state index contributed by atoms with van der Waals surface area (Å²) >= 11 is 5.94. The van der Waals surface area contributed by atoms with E-state index in [1.54, 1.807) is 17.0 Å². The smallest absolute Gasteiger partial charge is 0.257 e. The third-order valence-corrected chi connectivity index (χ3v) is 3.89. The first kappa shape index (κ1) is 15.8. The fourth-order valence-electron chi connectivity index (χ4n) is 2.44. The van der Waals surface area contributed by atoms with Crippen LogP contribution in [-0.2, 0) is 0 Å². The number of nitrogens with zero attached hydrogens (tertiary/aromatic N) is 2. The van der Waals surface area contributed by atoms with Gasteiger partial charge in [0.15, 0.2) is 0 Å². The van der Waals surface area contributed by atoms with Crippen molar-refractivity contribution in [1.29, 1.82) is 0 Å². The van der Waals surface area contributed by atoms with Gasteiger partial charge in [0.25, 0.3) is 5.91 Å². The molecule has 1 unspecified atom stereocenters. The van der Waals surface area contributed by atoms with Crippen LogP contribution in [0, 0.1) is 0 Å². The molecule has 21 heavy (non-hydrogen) atoms. The topological polar surface area (TPSA) is 45.2 Å². The monoisotopic (exact) mass is 307 g/mol. The SMILES string of the molecule is CCCNc1nc(Cl)ccc1C(=O)N(C)C1C=CCCC1. The van der Waals surface area contributed by atoms with E-state index in [0.717, 1.165) is 32.2 Å². The number of nitrogens with one attached hydrogen (secondary N) is 1. The van der Waals surface area contributed by atoms with E-state index in [-0.39, 0.29) is 11.9 Å². The maximum atomic E-state index is 12.7. The predicted octanol–water partition coefficient (Wildman–Crippen LogP) is 3.74. The quantitative estimate of drug-likeness (QED) is 0.666. The van der Waals surface area contributed by atoms with E-state index >= 15 is 0 Å². The van der Waals surface area contributed by atoms with Gasteiger partial charge in [-0.05, 0) is 37.8 Å². The van der Waals surface area contributed by atoms with Crippen LogP contribution >= 0.6 is 11.6 Å². The summed E-state index contributed by atoms with van der Waals surface area (Å²) in [5.41, 5.74) is 0.578. The summed E-state index contributed by atoms with van der Waals surface area (Å²) < 4.78 is 0. The van der Waals surface area contributed by atoms with Gasteiger partial charge in [0.1, 0.15) is 11.0 Å². The zero-order valence-electron chi connectivity index (χ0n) is 12.6. The van der Waals surface area contributed by atoms with Crippen molar-refractivity contribution in [2.24, 2.45) is 0 Å². The van der Waals surface area contributed by atoms with Crippen LogP contribution in [0.1, 0.15) is 43.0 Å². The highest BCUT2D eigenvalue weighted by Crippen LogP contribution is 2.22. The normalized spacial score (nSPS) is 17.6. The second-order valence-electron chi connectivity index (χ2n) is 5.30. The lowest BCUT2D eigenvalue weighted by molar-refractivity contribution is 0.0752. The Morgan fingerprint density at radius 3 is 3.00 bits per heavy atom. The van der Waals surface area contributed by atoms with Gasteiger partial charge in [-0.15, -0.1) is 0 Å². The molecule has 0 saturated carbocycles. The Balaban J connectivity index is 2.20. The average molecular weight is 308 g/mol. The fourth-order valence-corrected chi connectivity index (χ4v) is 2.59. The van der Waals surface area contributed by atoms with Crippen LogP contribution in [0.5, 0.6) is 0 Å². The highest BCUT2D eigenvalue weighted by Gasteiger charge is 2.23. The molecule has 1 aromatic heterocycles. The van der Waals surface area contributed by atoms with Gasteiger partial charge in [0.05, 0.1) is 5.56 Å². The highest BCUT2D eigenvalue weighted by atomic mass is 35.5. The molecule has 2 rings (SSSR count). The lowest BCUT2D eigenvalue weighted by Crippen LogP contribution is -2.37. The Morgan fingerprint density at radius 1 is 1.52 bits per heavy atom. The van der Waals surface area contributed by atoms with Crippen LogP contribution in [-0.4, -0.2) is 35.4 Å². The summed E-state index contributed by atoms with van der Waals surface area (Å²) in [4.78, 5) is 18.7. The summed E-state index contributed by atoms with van der Waals surface area (Å²) in [5, 5.41) is 3.58. The predicted molar refractivity (Wildman–Crippen MR) is 86.9 cm³/mol. The molecule has 0 saturated heterocycles. The van der Waals surface area contributed by atoms with Crippen molar-refractivity contribution in [1.82, 2.24) is 9.88 Å². The van der Waals surface area contributed by atoms with Gasteiger partial charge in [-0.25, -0.2) is 4.98 Å². The Labute approximate surface area is 131 Å². The molecule has 1 atom stereocenters. The van der Waals surface area contributed by atoms with Crippen molar-refractivity contribution in [2.45, 2.75) is 38.6 Å². The van der Waals surface area contributed by atoms with Crippen LogP contribution in [0.15, 0.2) is 24.3 Å². The third-order valence-electron chi connectivity index (χ3n) is 3.68. The van der Waals surface area contributed by atoms with Crippen LogP contribution in [0.2, 0.25) is 5.15 Å². The van der Waals surface area contributed by atoms with Crippen molar-refractivity contribution >= 4 is 23.3 Å². The Kier molecular flexibility index (Phi) is 5.62. The zero-order valence-corrected chi connectivity index (χ0v) is 13.4. The first-order valence-corrected chi connectivity index (χ1v) is 7.85. The maximum Gasteiger partial charge on any atom is 0.257 e. The average Bonchev–Trinajstić information content (AvgIpc) is 2.52. The first-order valence-electron chi connectivity index (χ1n) is 7.47. The number of rotatable bonds is 5. The number of carbonyl (C=O) groups excluding carboxylic acids is 1. The molecule has 1 aliphatic carbocycles. The maximum absolute atomic E-state index is 12.7. The molecule has 0 radical (unpaired) electrons. The lowest BCUT2D eigenvalue weighted by Gasteiger charge is -2.28. The van der Waals surface area contributed by atoms with Crippen molar-refractivity contribution in [3.05, 3.63) is 35.0 Å². The number of anilines is 1. The summed E-state index contributed by atoms with van der Waals surface area (Å²) in [6, 6.07) is 3.58. The fraction of sp³-hybridized carbons (Fsp3) is 0.500. The molecule has 0 fully saturated rings. The van der Waals surface area contributed by atoms with Crippen molar-refractivity contribution < 1.29 is 4.79 Å². The van der Waals surface area contributed by atoms with Gasteiger partial charge >= 0.3 is 0 Å². The molecule has 1 aliphatic rings. The molecule has 1 N–H and O–H groups in total. The number of likely N-dealkylation sites (N-methyl/N-ethyl adjacent to an activating group) is 1. The lowest BCUT2D eigenvalue weighted by atomic mass is 10.0. The number of carbonyl (C=O) groups is 1. The molecule has 1 amide bonds. The van der Waals surface area contributed by atoms with Gasteiger partial charge in [-0.2, -0.15) is 0 Å². The Bertz CT molecular complexity index is 530. The molecular weight excluding hydrogens is 286 g/mol. The van der Waals surface area contributed by atoms with Crippen LogP contribution < -0.4 is 5.32 Å². The summed E-state index contributed by atoms with van der Waals surface area (Å²) in [7, 11) is 1.85. The van der Waals surface area contributed by atoms with Gasteiger partial charge < -0.3 is 10.2 Å². The largest absolute Gasteiger partial charge is 0.369 e. The molecular formula is C16H22ClN3O. The van der Waals surface area contributed by atoms with E-state index in [9.17, 15) is 4.79 Å². The minimum Gasteiger partial charge on any atom is -0.369 e. The first-order chi connectivity index (χ1) is 10.1. The number of allylic oxidation sites excluding steroid dienone is 1. The van der Waals surface area contributed by atoms with E-state index < -0.39 is 0 Å². The van der Waals surface area contributed by atoms with Crippen molar-refractivity contribution in [3.63, 3.8) is 0 Å². The molecule has 1 aromatic rings. The number of halogens is 1. The minimum absolute atomic E-state index is 0.0191. The van der Waals surface area contributed by atoms with Gasteiger partial charge in [-0.3, -0.25) is 4.79 Å². The van der Waals surface area contributed by atoms with E-state index in [1.165, 1.54) is 0 Å². The minimum atomic E-state index is -0.0191. The number of aromatic nitrogens is 1. The van der Waals surface area contributed by atoms with E-state index in [0.29, 0.717) is 16.5 Å². The van der Waals surface area contributed by atoms with Gasteiger partial charge in [0, 0.05) is 19.6 Å². The molecule has 5 heteroatoms. The second kappa shape index (κ2) is 7.46. The van der Waals surface area contributed by atoms with Crippen molar-refractivity contribution in [3.8, 4) is 0 Å². The second-order valence-corrected chi connectivity index (χ2v) is 5.69. The van der Waals surface area contributed by atoms with E-state index in [4.69, 9.17) is 11.6 Å². The molecule has 0 aliphatic heterocycles. The number of hydrogen-bond acceptors (Lipinski definition) is 3. The van der Waals surface area contributed by atoms with E-state index in [1.807, 2.05) is 7.05 Å². The third kappa shape index (κ3) is 3.97. The van der Waals surface area contributed by atoms with Crippen LogP contribution in [0.25, 0.3) is 0 Å². The molecule has 0 aromatic carbocycles. The molecule has 114 valence electrons. The van der Waals surface area contributed by atoms with E-state index in [2.05, 4.69) is 29.4 Å². The number of pyridine rings is 1. The summed E-state index contributed by atoms with van der Waals surface area (Å²) in [6.45, 7) is 2.83. The summed E-state index contributed by atoms with van der Waals surface area (Å²) in [5.74, 6) is 0.551. The zero-order chi connectivity index (χ0) is 15.2. The van der Waals surface area contributed by atoms with Crippen molar-refractivity contribution in [2.75, 3.05) is 18.9 Å².